The number of esters is 1. The molecule has 0 aromatic heterocycles. The number of nitrogens with one attached hydrogen (secondary N) is 2. The van der Waals surface area contributed by atoms with Crippen LogP contribution in [-0.2, 0) is 9.47 Å². The summed E-state index contributed by atoms with van der Waals surface area (Å²) in [6.45, 7) is 5.14. The summed E-state index contributed by atoms with van der Waals surface area (Å²) in [5.41, 5.74) is -0.669. The first-order valence-electron chi connectivity index (χ1n) is 8.68. The molecule has 0 spiro atoms. The minimum absolute atomic E-state index is 0.269. The topological polar surface area (TPSA) is 112 Å². The summed E-state index contributed by atoms with van der Waals surface area (Å²) in [7, 11) is 1.07. The zero-order valence-electron chi connectivity index (χ0n) is 16.7. The molecule has 0 fully saturated rings. The molecule has 0 aliphatic carbocycles. The first kappa shape index (κ1) is 22.6. The Bertz CT molecular complexity index is 970. The third-order valence-electron chi connectivity index (χ3n) is 3.45. The van der Waals surface area contributed by atoms with Crippen molar-refractivity contribution >= 4 is 35.1 Å². The van der Waals surface area contributed by atoms with Crippen LogP contribution in [0.5, 0.6) is 0 Å². The average molecular weight is 420 g/mol. The second kappa shape index (κ2) is 9.21. The van der Waals surface area contributed by atoms with Crippen LogP contribution in [0, 0.1) is 11.6 Å². The number of amides is 2. The third-order valence-corrected chi connectivity index (χ3v) is 3.45. The molecule has 8 nitrogen and oxygen atoms in total. The molecule has 0 bridgehead atoms. The molecule has 0 aliphatic heterocycles. The Morgan fingerprint density at radius 1 is 1.03 bits per heavy atom. The normalized spacial score (nSPS) is 11.6. The van der Waals surface area contributed by atoms with Gasteiger partial charge in [-0.15, -0.1) is 0 Å². The van der Waals surface area contributed by atoms with E-state index in [1.54, 1.807) is 20.8 Å². The first-order chi connectivity index (χ1) is 14.0. The van der Waals surface area contributed by atoms with Gasteiger partial charge in [0.25, 0.3) is 0 Å². The van der Waals surface area contributed by atoms with Gasteiger partial charge in [-0.1, -0.05) is 20.8 Å². The van der Waals surface area contributed by atoms with Crippen molar-refractivity contribution in [2.24, 2.45) is 4.99 Å². The number of nitrogens with zero attached hydrogens (tertiary/aromatic N) is 1. The van der Waals surface area contributed by atoms with Crippen molar-refractivity contribution in [3.05, 3.63) is 53.6 Å². The second-order valence-corrected chi connectivity index (χ2v) is 7.02. The highest BCUT2D eigenvalue weighted by Gasteiger charge is 2.18. The lowest BCUT2D eigenvalue weighted by atomic mass is 10.1. The molecular formula is C20H20F2N3O5-. The van der Waals surface area contributed by atoms with E-state index in [0.29, 0.717) is 23.5 Å². The predicted molar refractivity (Wildman–Crippen MR) is 105 cm³/mol. The Kier molecular flexibility index (Phi) is 6.93. The molecule has 2 rings (SSSR count). The van der Waals surface area contributed by atoms with Crippen LogP contribution in [0.1, 0.15) is 31.1 Å². The lowest BCUT2D eigenvalue weighted by molar-refractivity contribution is -0.259. The van der Waals surface area contributed by atoms with E-state index in [0.717, 1.165) is 7.11 Å². The molecule has 0 aliphatic rings. The van der Waals surface area contributed by atoms with Gasteiger partial charge in [0.2, 0.25) is 0 Å². The molecule has 0 atom stereocenters. The van der Waals surface area contributed by atoms with Gasteiger partial charge in [-0.25, -0.2) is 23.4 Å². The molecule has 0 saturated carbocycles. The van der Waals surface area contributed by atoms with Gasteiger partial charge in [-0.2, -0.15) is 0 Å². The first-order valence-corrected chi connectivity index (χ1v) is 8.68. The van der Waals surface area contributed by atoms with Gasteiger partial charge in [-0.3, -0.25) is 0 Å². The highest BCUT2D eigenvalue weighted by molar-refractivity contribution is 6.05. The van der Waals surface area contributed by atoms with Crippen molar-refractivity contribution in [2.45, 2.75) is 26.4 Å². The van der Waals surface area contributed by atoms with Crippen LogP contribution in [0.25, 0.3) is 0 Å². The predicted octanol–water partition coefficient (Wildman–Crippen LogP) is 3.56. The van der Waals surface area contributed by atoms with Crippen molar-refractivity contribution in [1.82, 2.24) is 0 Å². The summed E-state index contributed by atoms with van der Waals surface area (Å²) in [5, 5.41) is 16.4. The smallest absolute Gasteiger partial charge is 0.340 e. The molecule has 2 N–H and O–H groups in total. The number of hydrogen-bond donors (Lipinski definition) is 2. The highest BCUT2D eigenvalue weighted by Crippen LogP contribution is 2.22. The fourth-order valence-electron chi connectivity index (χ4n) is 2.22. The second-order valence-electron chi connectivity index (χ2n) is 7.02. The average Bonchev–Trinajstić information content (AvgIpc) is 2.64. The van der Waals surface area contributed by atoms with Crippen molar-refractivity contribution in [3.8, 4) is 0 Å². The summed E-state index contributed by atoms with van der Waals surface area (Å²) >= 11 is 0. The zero-order chi connectivity index (χ0) is 22.5. The van der Waals surface area contributed by atoms with Gasteiger partial charge in [0.05, 0.1) is 24.0 Å². The molecule has 10 heteroatoms. The van der Waals surface area contributed by atoms with E-state index in [1.165, 1.54) is 24.3 Å². The Morgan fingerprint density at radius 3 is 2.20 bits per heavy atom. The highest BCUT2D eigenvalue weighted by atomic mass is 19.2. The summed E-state index contributed by atoms with van der Waals surface area (Å²) in [5.74, 6) is -3.45. The molecule has 2 amide bonds. The Labute approximate surface area is 171 Å². The number of ether oxygens (including phenoxy) is 2. The van der Waals surface area contributed by atoms with Crippen LogP contribution in [0.4, 0.5) is 30.6 Å². The van der Waals surface area contributed by atoms with Gasteiger partial charge in [0, 0.05) is 17.4 Å². The molecule has 2 aromatic rings. The largest absolute Gasteiger partial charge is 0.594 e. The third kappa shape index (κ3) is 6.43. The maximum absolute atomic E-state index is 13.5. The maximum atomic E-state index is 13.5. The Balaban J connectivity index is 2.10. The van der Waals surface area contributed by atoms with Crippen LogP contribution in [0.2, 0.25) is 0 Å². The zero-order valence-corrected chi connectivity index (χ0v) is 16.7. The molecule has 0 radical (unpaired) electrons. The number of hydrogen-bond acceptors (Lipinski definition) is 6. The lowest BCUT2D eigenvalue weighted by Gasteiger charge is -2.29. The van der Waals surface area contributed by atoms with Gasteiger partial charge in [0.1, 0.15) is 0 Å². The fraction of sp³-hybridized carbons (Fsp3) is 0.250. The molecule has 2 aromatic carbocycles. The quantitative estimate of drug-likeness (QED) is 0.446. The lowest BCUT2D eigenvalue weighted by Crippen LogP contribution is -2.31. The van der Waals surface area contributed by atoms with Crippen LogP contribution >= 0.6 is 0 Å². The van der Waals surface area contributed by atoms with Crippen molar-refractivity contribution < 1.29 is 33.0 Å². The van der Waals surface area contributed by atoms with E-state index in [4.69, 9.17) is 4.74 Å². The van der Waals surface area contributed by atoms with Crippen molar-refractivity contribution in [3.63, 3.8) is 0 Å². The fourth-order valence-corrected chi connectivity index (χ4v) is 2.22. The Hall–Kier alpha value is -3.69. The van der Waals surface area contributed by atoms with Gasteiger partial charge >= 0.3 is 12.0 Å². The van der Waals surface area contributed by atoms with Crippen LogP contribution < -0.4 is 15.7 Å². The Morgan fingerprint density at radius 2 is 1.63 bits per heavy atom. The number of aliphatic imine (C=N–C) groups is 1. The minimum Gasteiger partial charge on any atom is -0.594 e. The minimum atomic E-state index is -1.26. The monoisotopic (exact) mass is 420 g/mol. The van der Waals surface area contributed by atoms with E-state index >= 15 is 0 Å². The SMILES string of the molecule is COC(=O)c1cc(F)c(F)cc1NC(=O)Nc1ccc(N=C([O-])OC(C)(C)C)cc1. The molecule has 0 heterocycles. The van der Waals surface area contributed by atoms with Gasteiger partial charge in [0.15, 0.2) is 17.7 Å². The summed E-state index contributed by atoms with van der Waals surface area (Å²) in [6, 6.07) is 6.36. The maximum Gasteiger partial charge on any atom is 0.340 e. The van der Waals surface area contributed by atoms with Crippen molar-refractivity contribution in [1.29, 1.82) is 0 Å². The van der Waals surface area contributed by atoms with Crippen molar-refractivity contribution in [2.75, 3.05) is 17.7 Å². The van der Waals surface area contributed by atoms with Gasteiger partial charge in [-0.05, 0) is 30.3 Å². The number of carbonyl (C=O) groups excluding carboxylic acids is 2. The number of methoxy groups -OCH3 is 1. The molecule has 0 saturated heterocycles. The van der Waals surface area contributed by atoms with E-state index in [-0.39, 0.29) is 11.3 Å². The molecular weight excluding hydrogens is 400 g/mol. The number of halogens is 2. The van der Waals surface area contributed by atoms with E-state index in [1.807, 2.05) is 0 Å². The number of urea groups is 1. The number of benzene rings is 2. The number of rotatable bonds is 4. The standard InChI is InChI=1S/C20H21F2N3O5/c1-20(2,3)30-19(28)24-12-7-5-11(6-8-12)23-18(27)25-16-10-15(22)14(21)9-13(16)17(26)29-4/h5-10H,1-4H3,(H,24,28)(H2,23,25,27)/p-1. The van der Waals surface area contributed by atoms with Crippen LogP contribution in [0.15, 0.2) is 41.4 Å². The van der Waals surface area contributed by atoms with Crippen LogP contribution in [-0.4, -0.2) is 30.8 Å². The summed E-state index contributed by atoms with van der Waals surface area (Å²) in [4.78, 5) is 27.7. The number of anilines is 2. The van der Waals surface area contributed by atoms with Gasteiger partial charge < -0.3 is 25.2 Å². The molecule has 30 heavy (non-hydrogen) atoms. The van der Waals surface area contributed by atoms with Crippen LogP contribution in [0.3, 0.4) is 0 Å². The van der Waals surface area contributed by atoms with E-state index < -0.39 is 35.3 Å². The molecule has 0 unspecified atom stereocenters. The summed E-state index contributed by atoms with van der Waals surface area (Å²) < 4.78 is 36.5. The summed E-state index contributed by atoms with van der Waals surface area (Å²) in [6.07, 6.45) is -0.755. The number of carbonyl (C=O) groups is 2. The molecule has 160 valence electrons. The van der Waals surface area contributed by atoms with E-state index in [9.17, 15) is 23.5 Å². The van der Waals surface area contributed by atoms with E-state index in [2.05, 4.69) is 20.4 Å².